The fourth-order valence-corrected chi connectivity index (χ4v) is 4.74. The number of ether oxygens (including phenoxy) is 1. The topological polar surface area (TPSA) is 125 Å². The Labute approximate surface area is 247 Å². The molecule has 6 aromatic rings. The lowest BCUT2D eigenvalue weighted by Crippen LogP contribution is -2.19. The Morgan fingerprint density at radius 2 is 1.91 bits per heavy atom. The molecule has 0 bridgehead atoms. The summed E-state index contributed by atoms with van der Waals surface area (Å²) in [4.78, 5) is 31.1. The molecule has 0 radical (unpaired) electrons. The van der Waals surface area contributed by atoms with E-state index in [1.807, 2.05) is 69.2 Å². The van der Waals surface area contributed by atoms with Crippen molar-refractivity contribution in [3.05, 3.63) is 72.9 Å². The minimum absolute atomic E-state index is 0.0734. The summed E-state index contributed by atoms with van der Waals surface area (Å²) in [6.07, 6.45) is 5.03. The van der Waals surface area contributed by atoms with Gasteiger partial charge in [-0.3, -0.25) is 14.9 Å². The smallest absolute Gasteiger partial charge is 0.226 e. The van der Waals surface area contributed by atoms with Gasteiger partial charge in [-0.05, 0) is 61.6 Å². The maximum Gasteiger partial charge on any atom is 0.226 e. The van der Waals surface area contributed by atoms with Gasteiger partial charge in [-0.25, -0.2) is 14.4 Å². The number of halogens is 1. The number of hydrogen-bond acceptors (Lipinski definition) is 7. The van der Waals surface area contributed by atoms with Crippen molar-refractivity contribution in [2.45, 2.75) is 13.8 Å². The number of nitrogens with one attached hydrogen (secondary N) is 3. The number of benzene rings is 2. The number of imidazole rings is 1. The van der Waals surface area contributed by atoms with E-state index in [0.29, 0.717) is 52.8 Å². The number of aromatic amines is 2. The van der Waals surface area contributed by atoms with Gasteiger partial charge in [0.1, 0.15) is 23.9 Å². The Hall–Kier alpha value is -5.16. The summed E-state index contributed by atoms with van der Waals surface area (Å²) in [5, 5.41) is 11.4. The highest BCUT2D eigenvalue weighted by molar-refractivity contribution is 5.98. The second-order valence-electron chi connectivity index (χ2n) is 10.9. The zero-order valence-electron chi connectivity index (χ0n) is 24.3. The number of hydrogen-bond donors (Lipinski definition) is 3. The lowest BCUT2D eigenvalue weighted by Gasteiger charge is -2.12. The molecule has 0 atom stereocenters. The normalized spacial score (nSPS) is 11.6. The van der Waals surface area contributed by atoms with Crippen LogP contribution < -0.4 is 10.1 Å². The summed E-state index contributed by atoms with van der Waals surface area (Å²) in [5.41, 5.74) is 6.35. The largest absolute Gasteiger partial charge is 0.492 e. The summed E-state index contributed by atoms with van der Waals surface area (Å²) in [5.74, 6) is 0.366. The number of carbonyl (C=O) groups is 1. The first-order valence-corrected chi connectivity index (χ1v) is 13.9. The molecule has 10 nitrogen and oxygen atoms in total. The van der Waals surface area contributed by atoms with E-state index in [2.05, 4.69) is 30.5 Å². The number of amides is 1. The number of aromatic nitrogens is 6. The second-order valence-corrected chi connectivity index (χ2v) is 10.9. The fraction of sp³-hybridized carbons (Fsp3) is 0.219. The first kappa shape index (κ1) is 28.0. The molecule has 218 valence electrons. The van der Waals surface area contributed by atoms with Crippen LogP contribution in [0.5, 0.6) is 5.75 Å². The summed E-state index contributed by atoms with van der Waals surface area (Å²) < 4.78 is 20.4. The number of carbonyl (C=O) groups excluding carboxylic acids is 1. The zero-order valence-corrected chi connectivity index (χ0v) is 24.3. The van der Waals surface area contributed by atoms with Crippen LogP contribution in [0.3, 0.4) is 0 Å². The number of likely N-dealkylation sites (N-methyl/N-ethyl adjacent to an activating group) is 1. The molecule has 0 unspecified atom stereocenters. The van der Waals surface area contributed by atoms with Crippen molar-refractivity contribution in [2.75, 3.05) is 32.6 Å². The minimum atomic E-state index is -0.393. The maximum atomic E-state index is 14.6. The number of nitrogens with zero attached hydrogens (tertiary/aromatic N) is 5. The van der Waals surface area contributed by atoms with E-state index in [0.717, 1.165) is 27.6 Å². The fourth-order valence-electron chi connectivity index (χ4n) is 4.74. The summed E-state index contributed by atoms with van der Waals surface area (Å²) in [6, 6.07) is 14.3. The molecule has 1 amide bonds. The summed E-state index contributed by atoms with van der Waals surface area (Å²) in [6.45, 7) is 4.84. The van der Waals surface area contributed by atoms with Crippen molar-refractivity contribution in [2.24, 2.45) is 5.92 Å². The molecule has 0 spiro atoms. The molecule has 0 aliphatic heterocycles. The number of fused-ring (bicyclic) bond motifs is 2. The van der Waals surface area contributed by atoms with E-state index in [-0.39, 0.29) is 11.8 Å². The molecule has 11 heteroatoms. The molecule has 4 aromatic heterocycles. The first-order chi connectivity index (χ1) is 20.7. The summed E-state index contributed by atoms with van der Waals surface area (Å²) >= 11 is 0. The molecule has 0 aliphatic carbocycles. The summed E-state index contributed by atoms with van der Waals surface area (Å²) in [7, 11) is 3.91. The lowest BCUT2D eigenvalue weighted by atomic mass is 10.0. The standard InChI is InChI=1S/C32H31FN8O2/c1-18(2)32(42)36-23-12-21(16-34-17-23)19-5-6-27-26(14-19)29(40-39-27)31-37-28-25(7-8-35-30(28)38-31)20-11-22(33)15-24(13-20)43-10-9-41(3)4/h5-8,11-18H,9-10H2,1-4H3,(H,36,42)(H,39,40)(H,35,37,38). The average Bonchev–Trinajstić information content (AvgIpc) is 3.60. The number of pyridine rings is 2. The van der Waals surface area contributed by atoms with E-state index in [4.69, 9.17) is 9.72 Å². The number of anilines is 1. The lowest BCUT2D eigenvalue weighted by molar-refractivity contribution is -0.118. The van der Waals surface area contributed by atoms with Crippen molar-refractivity contribution in [3.63, 3.8) is 0 Å². The van der Waals surface area contributed by atoms with Crippen LogP contribution in [0, 0.1) is 11.7 Å². The van der Waals surface area contributed by atoms with Crippen LogP contribution in [0.15, 0.2) is 67.1 Å². The maximum absolute atomic E-state index is 14.6. The molecular weight excluding hydrogens is 547 g/mol. The van der Waals surface area contributed by atoms with Gasteiger partial charge >= 0.3 is 0 Å². The Bertz CT molecular complexity index is 1950. The highest BCUT2D eigenvalue weighted by atomic mass is 19.1. The van der Waals surface area contributed by atoms with Crippen molar-refractivity contribution in [1.29, 1.82) is 0 Å². The van der Waals surface area contributed by atoms with E-state index in [1.165, 1.54) is 12.1 Å². The number of rotatable bonds is 9. The predicted molar refractivity (Wildman–Crippen MR) is 165 cm³/mol. The Balaban J connectivity index is 1.36. The van der Waals surface area contributed by atoms with E-state index in [9.17, 15) is 9.18 Å². The van der Waals surface area contributed by atoms with E-state index in [1.54, 1.807) is 18.6 Å². The van der Waals surface area contributed by atoms with Gasteiger partial charge < -0.3 is 19.9 Å². The van der Waals surface area contributed by atoms with Crippen molar-refractivity contribution >= 4 is 33.7 Å². The van der Waals surface area contributed by atoms with E-state index < -0.39 is 5.82 Å². The van der Waals surface area contributed by atoms with Gasteiger partial charge in [0.05, 0.1) is 22.9 Å². The van der Waals surface area contributed by atoms with Gasteiger partial charge in [-0.2, -0.15) is 5.10 Å². The van der Waals surface area contributed by atoms with Crippen LogP contribution in [0.1, 0.15) is 13.8 Å². The molecule has 0 fully saturated rings. The Morgan fingerprint density at radius 1 is 1.05 bits per heavy atom. The first-order valence-electron chi connectivity index (χ1n) is 13.9. The third-order valence-corrected chi connectivity index (χ3v) is 7.03. The molecule has 6 rings (SSSR count). The van der Waals surface area contributed by atoms with Gasteiger partial charge in [0, 0.05) is 47.4 Å². The molecule has 0 aliphatic rings. The van der Waals surface area contributed by atoms with Crippen LogP contribution in [0.25, 0.3) is 55.8 Å². The molecular formula is C32H31FN8O2. The molecule has 2 aromatic carbocycles. The average molecular weight is 579 g/mol. The van der Waals surface area contributed by atoms with Crippen molar-refractivity contribution < 1.29 is 13.9 Å². The van der Waals surface area contributed by atoms with Gasteiger partial charge in [-0.1, -0.05) is 19.9 Å². The highest BCUT2D eigenvalue weighted by Crippen LogP contribution is 2.34. The van der Waals surface area contributed by atoms with Crippen molar-refractivity contribution in [1.82, 2.24) is 35.0 Å². The van der Waals surface area contributed by atoms with Gasteiger partial charge in [-0.15, -0.1) is 0 Å². The minimum Gasteiger partial charge on any atom is -0.492 e. The second kappa shape index (κ2) is 11.6. The quantitative estimate of drug-likeness (QED) is 0.195. The molecule has 0 saturated carbocycles. The van der Waals surface area contributed by atoms with Crippen LogP contribution in [0.4, 0.5) is 10.1 Å². The monoisotopic (exact) mass is 578 g/mol. The van der Waals surface area contributed by atoms with Gasteiger partial charge in [0.2, 0.25) is 5.91 Å². The van der Waals surface area contributed by atoms with Crippen molar-refractivity contribution in [3.8, 4) is 39.5 Å². The van der Waals surface area contributed by atoms with Gasteiger partial charge in [0.25, 0.3) is 0 Å². The predicted octanol–water partition coefficient (Wildman–Crippen LogP) is 5.90. The van der Waals surface area contributed by atoms with Crippen LogP contribution in [-0.4, -0.2) is 68.2 Å². The van der Waals surface area contributed by atoms with Gasteiger partial charge in [0.15, 0.2) is 11.5 Å². The third kappa shape index (κ3) is 5.93. The van der Waals surface area contributed by atoms with Crippen LogP contribution in [-0.2, 0) is 4.79 Å². The number of H-pyrrole nitrogens is 2. The van der Waals surface area contributed by atoms with Crippen LogP contribution in [0.2, 0.25) is 0 Å². The molecule has 43 heavy (non-hydrogen) atoms. The Morgan fingerprint density at radius 3 is 2.72 bits per heavy atom. The SMILES string of the molecule is CC(C)C(=O)Nc1cncc(-c2ccc3[nH]nc(-c4nc5nccc(-c6cc(F)cc(OCCN(C)C)c6)c5[nH]4)c3c2)c1. The Kier molecular flexibility index (Phi) is 7.56. The van der Waals surface area contributed by atoms with Crippen LogP contribution >= 0.6 is 0 Å². The molecule has 0 saturated heterocycles. The zero-order chi connectivity index (χ0) is 30.1. The van der Waals surface area contributed by atoms with E-state index >= 15 is 0 Å². The highest BCUT2D eigenvalue weighted by Gasteiger charge is 2.17. The molecule has 4 heterocycles. The third-order valence-electron chi connectivity index (χ3n) is 7.03. The molecule has 3 N–H and O–H groups in total.